The van der Waals surface area contributed by atoms with Crippen LogP contribution in [0.15, 0.2) is 29.8 Å². The van der Waals surface area contributed by atoms with Gasteiger partial charge in [-0.3, -0.25) is 10.2 Å². The normalized spacial score (nSPS) is 16.8. The first-order valence-corrected chi connectivity index (χ1v) is 9.89. The molecule has 1 unspecified atom stereocenters. The summed E-state index contributed by atoms with van der Waals surface area (Å²) >= 11 is 1.79. The predicted molar refractivity (Wildman–Crippen MR) is 102 cm³/mol. The van der Waals surface area contributed by atoms with Gasteiger partial charge in [0.1, 0.15) is 5.82 Å². The molecule has 1 atom stereocenters. The average Bonchev–Trinajstić information content (AvgIpc) is 3.27. The molecule has 0 spiro atoms. The minimum atomic E-state index is -0.0266. The molecule has 0 radical (unpaired) electrons. The monoisotopic (exact) mass is 361 g/mol. The van der Waals surface area contributed by atoms with E-state index in [2.05, 4.69) is 46.7 Å². The summed E-state index contributed by atoms with van der Waals surface area (Å²) in [5.74, 6) is 0.784. The van der Waals surface area contributed by atoms with Crippen LogP contribution in [0.3, 0.4) is 0 Å². The lowest BCUT2D eigenvalue weighted by atomic mass is 10.2. The van der Waals surface area contributed by atoms with Crippen molar-refractivity contribution in [3.05, 3.63) is 34.7 Å². The van der Waals surface area contributed by atoms with Crippen molar-refractivity contribution in [2.45, 2.75) is 39.3 Å². The molecule has 6 nitrogen and oxygen atoms in total. The van der Waals surface area contributed by atoms with E-state index in [9.17, 15) is 4.79 Å². The van der Waals surface area contributed by atoms with Crippen LogP contribution >= 0.6 is 11.3 Å². The third-order valence-electron chi connectivity index (χ3n) is 4.65. The molecule has 0 aliphatic carbocycles. The van der Waals surface area contributed by atoms with E-state index in [0.29, 0.717) is 0 Å². The lowest BCUT2D eigenvalue weighted by Crippen LogP contribution is -2.49. The first-order chi connectivity index (χ1) is 12.2. The number of aromatic nitrogens is 2. The number of anilines is 1. The first kappa shape index (κ1) is 17.9. The Labute approximate surface area is 153 Å². The molecule has 3 heterocycles. The maximum atomic E-state index is 12.6. The SMILES string of the molecule is CCCC(C)n1nccc1NC(=O)N1CCN(Cc2cccs2)CC1. The molecule has 1 N–H and O–H groups in total. The number of carbonyl (C=O) groups excluding carboxylic acids is 1. The summed E-state index contributed by atoms with van der Waals surface area (Å²) in [5, 5.41) is 9.51. The Bertz CT molecular complexity index is 661. The Morgan fingerprint density at radius 3 is 2.80 bits per heavy atom. The van der Waals surface area contributed by atoms with E-state index in [1.54, 1.807) is 17.5 Å². The summed E-state index contributed by atoms with van der Waals surface area (Å²) in [7, 11) is 0. The average molecular weight is 362 g/mol. The van der Waals surface area contributed by atoms with Crippen LogP contribution in [0.4, 0.5) is 10.6 Å². The minimum absolute atomic E-state index is 0.0266. The van der Waals surface area contributed by atoms with Crippen LogP contribution < -0.4 is 5.32 Å². The van der Waals surface area contributed by atoms with Crippen molar-refractivity contribution in [2.75, 3.05) is 31.5 Å². The van der Waals surface area contributed by atoms with Gasteiger partial charge in [-0.1, -0.05) is 19.4 Å². The molecule has 2 aromatic rings. The van der Waals surface area contributed by atoms with E-state index in [0.717, 1.165) is 51.4 Å². The van der Waals surface area contributed by atoms with Crippen LogP contribution in [0.1, 0.15) is 37.6 Å². The fraction of sp³-hybridized carbons (Fsp3) is 0.556. The highest BCUT2D eigenvalue weighted by molar-refractivity contribution is 7.09. The maximum absolute atomic E-state index is 12.6. The molecule has 1 aliphatic heterocycles. The molecule has 1 saturated heterocycles. The molecule has 3 rings (SSSR count). The summed E-state index contributed by atoms with van der Waals surface area (Å²) in [6.45, 7) is 8.62. The second kappa shape index (κ2) is 8.49. The maximum Gasteiger partial charge on any atom is 0.323 e. The Morgan fingerprint density at radius 1 is 1.32 bits per heavy atom. The Balaban J connectivity index is 1.51. The number of hydrogen-bond donors (Lipinski definition) is 1. The van der Waals surface area contributed by atoms with Gasteiger partial charge >= 0.3 is 6.03 Å². The van der Waals surface area contributed by atoms with Gasteiger partial charge in [-0.2, -0.15) is 5.10 Å². The van der Waals surface area contributed by atoms with Crippen molar-refractivity contribution in [2.24, 2.45) is 0 Å². The first-order valence-electron chi connectivity index (χ1n) is 9.01. The molecule has 0 saturated carbocycles. The predicted octanol–water partition coefficient (Wildman–Crippen LogP) is 3.66. The highest BCUT2D eigenvalue weighted by atomic mass is 32.1. The van der Waals surface area contributed by atoms with Crippen molar-refractivity contribution in [1.29, 1.82) is 0 Å². The largest absolute Gasteiger partial charge is 0.323 e. The molecule has 2 aromatic heterocycles. The second-order valence-electron chi connectivity index (χ2n) is 6.57. The van der Waals surface area contributed by atoms with Gasteiger partial charge in [0.25, 0.3) is 0 Å². The van der Waals surface area contributed by atoms with Gasteiger partial charge < -0.3 is 4.90 Å². The van der Waals surface area contributed by atoms with E-state index in [4.69, 9.17) is 0 Å². The summed E-state index contributed by atoms with van der Waals surface area (Å²) in [6.07, 6.45) is 3.90. The summed E-state index contributed by atoms with van der Waals surface area (Å²) in [5.41, 5.74) is 0. The topological polar surface area (TPSA) is 53.4 Å². The smallest absolute Gasteiger partial charge is 0.322 e. The van der Waals surface area contributed by atoms with Gasteiger partial charge in [-0.25, -0.2) is 9.48 Å². The summed E-state index contributed by atoms with van der Waals surface area (Å²) < 4.78 is 1.91. The van der Waals surface area contributed by atoms with Crippen molar-refractivity contribution in [1.82, 2.24) is 19.6 Å². The number of urea groups is 1. The van der Waals surface area contributed by atoms with E-state index in [-0.39, 0.29) is 12.1 Å². The lowest BCUT2D eigenvalue weighted by Gasteiger charge is -2.34. The van der Waals surface area contributed by atoms with Crippen LogP contribution in [0.2, 0.25) is 0 Å². The lowest BCUT2D eigenvalue weighted by molar-refractivity contribution is 0.143. The van der Waals surface area contributed by atoms with Gasteiger partial charge in [0.15, 0.2) is 0 Å². The van der Waals surface area contributed by atoms with Crippen LogP contribution in [0.5, 0.6) is 0 Å². The van der Waals surface area contributed by atoms with Gasteiger partial charge in [0.05, 0.1) is 12.2 Å². The zero-order valence-corrected chi connectivity index (χ0v) is 15.8. The van der Waals surface area contributed by atoms with Crippen molar-refractivity contribution < 1.29 is 4.79 Å². The number of carbonyl (C=O) groups is 1. The molecule has 0 aromatic carbocycles. The fourth-order valence-electron chi connectivity index (χ4n) is 3.23. The van der Waals surface area contributed by atoms with Crippen LogP contribution in [0.25, 0.3) is 0 Å². The minimum Gasteiger partial charge on any atom is -0.322 e. The molecule has 25 heavy (non-hydrogen) atoms. The molecule has 7 heteroatoms. The number of piperazine rings is 1. The van der Waals surface area contributed by atoms with Gasteiger partial charge in [-0.05, 0) is 24.8 Å². The second-order valence-corrected chi connectivity index (χ2v) is 7.60. The highest BCUT2D eigenvalue weighted by Gasteiger charge is 2.22. The molecule has 1 fully saturated rings. The Kier molecular flexibility index (Phi) is 6.09. The van der Waals surface area contributed by atoms with E-state index < -0.39 is 0 Å². The van der Waals surface area contributed by atoms with Crippen LogP contribution in [-0.2, 0) is 6.54 Å². The Morgan fingerprint density at radius 2 is 2.12 bits per heavy atom. The van der Waals surface area contributed by atoms with E-state index in [1.165, 1.54) is 4.88 Å². The van der Waals surface area contributed by atoms with Gasteiger partial charge in [-0.15, -0.1) is 11.3 Å². The van der Waals surface area contributed by atoms with Crippen LogP contribution in [-0.4, -0.2) is 51.8 Å². The van der Waals surface area contributed by atoms with Crippen LogP contribution in [0, 0.1) is 0 Å². The number of hydrogen-bond acceptors (Lipinski definition) is 4. The van der Waals surface area contributed by atoms with Gasteiger partial charge in [0.2, 0.25) is 0 Å². The highest BCUT2D eigenvalue weighted by Crippen LogP contribution is 2.19. The van der Waals surface area contributed by atoms with Crippen molar-refractivity contribution in [3.8, 4) is 0 Å². The quantitative estimate of drug-likeness (QED) is 0.854. The molecular formula is C18H27N5OS. The molecule has 136 valence electrons. The Hall–Kier alpha value is -1.86. The third-order valence-corrected chi connectivity index (χ3v) is 5.51. The number of amides is 2. The fourth-order valence-corrected chi connectivity index (χ4v) is 3.97. The number of nitrogens with one attached hydrogen (secondary N) is 1. The molecule has 1 aliphatic rings. The standard InChI is InChI=1S/C18H27N5OS/c1-3-5-15(2)23-17(7-8-19-23)20-18(24)22-11-9-21(10-12-22)14-16-6-4-13-25-16/h4,6-8,13,15H,3,5,9-12,14H2,1-2H3,(H,20,24). The third kappa shape index (κ3) is 4.61. The summed E-state index contributed by atoms with van der Waals surface area (Å²) in [4.78, 5) is 18.3. The van der Waals surface area contributed by atoms with Gasteiger partial charge in [0, 0.05) is 43.7 Å². The summed E-state index contributed by atoms with van der Waals surface area (Å²) in [6, 6.07) is 6.39. The van der Waals surface area contributed by atoms with Crippen molar-refractivity contribution >= 4 is 23.2 Å². The molecular weight excluding hydrogens is 334 g/mol. The number of thiophene rings is 1. The van der Waals surface area contributed by atoms with E-state index in [1.807, 2.05) is 15.6 Å². The molecule has 2 amide bonds. The van der Waals surface area contributed by atoms with Crippen molar-refractivity contribution in [3.63, 3.8) is 0 Å². The number of rotatable bonds is 6. The number of nitrogens with zero attached hydrogens (tertiary/aromatic N) is 4. The molecule has 0 bridgehead atoms. The zero-order chi connectivity index (χ0) is 17.6. The van der Waals surface area contributed by atoms with E-state index >= 15 is 0 Å². The zero-order valence-electron chi connectivity index (χ0n) is 15.0.